The highest BCUT2D eigenvalue weighted by Gasteiger charge is 2.24. The Bertz CT molecular complexity index is 1030. The van der Waals surface area contributed by atoms with Gasteiger partial charge in [-0.15, -0.1) is 0 Å². The molecule has 1 aliphatic heterocycles. The van der Waals surface area contributed by atoms with Gasteiger partial charge in [-0.1, -0.05) is 24.6 Å². The number of thiocarbonyl (C=S) groups is 1. The van der Waals surface area contributed by atoms with E-state index in [0.717, 1.165) is 5.69 Å². The van der Waals surface area contributed by atoms with Crippen LogP contribution in [0.5, 0.6) is 5.75 Å². The van der Waals surface area contributed by atoms with Crippen LogP contribution in [0.1, 0.15) is 23.7 Å². The van der Waals surface area contributed by atoms with Crippen molar-refractivity contribution in [3.05, 3.63) is 51.5 Å². The molecular formula is C22H24BrClN4O3S. The molecule has 0 saturated carbocycles. The van der Waals surface area contributed by atoms with Gasteiger partial charge in [0.25, 0.3) is 5.91 Å². The van der Waals surface area contributed by atoms with Crippen LogP contribution in [0.2, 0.25) is 5.02 Å². The number of amides is 2. The number of hydrogen-bond acceptors (Lipinski definition) is 5. The minimum atomic E-state index is -0.346. The number of anilines is 2. The molecule has 3 rings (SSSR count). The molecule has 0 radical (unpaired) electrons. The van der Waals surface area contributed by atoms with E-state index in [1.807, 2.05) is 30.0 Å². The summed E-state index contributed by atoms with van der Waals surface area (Å²) in [6.07, 6.45) is 0.498. The number of carbonyl (C=O) groups excluding carboxylic acids is 2. The van der Waals surface area contributed by atoms with E-state index in [0.29, 0.717) is 59.1 Å². The molecule has 0 atom stereocenters. The molecule has 1 heterocycles. The Balaban J connectivity index is 1.69. The molecule has 2 N–H and O–H groups in total. The van der Waals surface area contributed by atoms with Gasteiger partial charge < -0.3 is 19.9 Å². The molecule has 10 heteroatoms. The van der Waals surface area contributed by atoms with Crippen molar-refractivity contribution in [2.75, 3.05) is 43.5 Å². The van der Waals surface area contributed by atoms with Gasteiger partial charge in [-0.05, 0) is 58.5 Å². The number of piperazine rings is 1. The van der Waals surface area contributed by atoms with Crippen LogP contribution in [0.15, 0.2) is 40.9 Å². The highest BCUT2D eigenvalue weighted by atomic mass is 79.9. The predicted molar refractivity (Wildman–Crippen MR) is 135 cm³/mol. The van der Waals surface area contributed by atoms with Crippen LogP contribution in [0.4, 0.5) is 11.4 Å². The molecule has 2 aromatic rings. The van der Waals surface area contributed by atoms with Crippen molar-refractivity contribution in [3.63, 3.8) is 0 Å². The lowest BCUT2D eigenvalue weighted by Gasteiger charge is -2.37. The van der Waals surface area contributed by atoms with Gasteiger partial charge in [0.05, 0.1) is 28.0 Å². The third-order valence-corrected chi connectivity index (χ3v) is 6.26. The van der Waals surface area contributed by atoms with Crippen LogP contribution < -0.4 is 20.3 Å². The lowest BCUT2D eigenvalue weighted by Crippen LogP contribution is -2.49. The first-order valence-electron chi connectivity index (χ1n) is 10.1. The van der Waals surface area contributed by atoms with E-state index in [2.05, 4.69) is 31.5 Å². The summed E-state index contributed by atoms with van der Waals surface area (Å²) in [5.74, 6) is 0.434. The topological polar surface area (TPSA) is 73.9 Å². The van der Waals surface area contributed by atoms with Gasteiger partial charge in [0.1, 0.15) is 5.75 Å². The minimum absolute atomic E-state index is 0.149. The number of methoxy groups -OCH3 is 1. The lowest BCUT2D eigenvalue weighted by atomic mass is 10.2. The molecule has 1 aliphatic rings. The fraction of sp³-hybridized carbons (Fsp3) is 0.318. The Morgan fingerprint density at radius 1 is 1.19 bits per heavy atom. The van der Waals surface area contributed by atoms with E-state index in [1.165, 1.54) is 0 Å². The highest BCUT2D eigenvalue weighted by molar-refractivity contribution is 9.10. The average Bonchev–Trinajstić information content (AvgIpc) is 2.78. The third-order valence-electron chi connectivity index (χ3n) is 5.13. The van der Waals surface area contributed by atoms with E-state index in [-0.39, 0.29) is 16.9 Å². The smallest absolute Gasteiger partial charge is 0.257 e. The van der Waals surface area contributed by atoms with Crippen LogP contribution in [0.25, 0.3) is 0 Å². The van der Waals surface area contributed by atoms with Crippen molar-refractivity contribution in [2.24, 2.45) is 0 Å². The van der Waals surface area contributed by atoms with E-state index in [4.69, 9.17) is 28.6 Å². The summed E-state index contributed by atoms with van der Waals surface area (Å²) in [5, 5.41) is 6.51. The molecule has 0 spiro atoms. The van der Waals surface area contributed by atoms with Crippen molar-refractivity contribution in [2.45, 2.75) is 13.3 Å². The van der Waals surface area contributed by atoms with E-state index >= 15 is 0 Å². The summed E-state index contributed by atoms with van der Waals surface area (Å²) in [6, 6.07) is 10.5. The first-order valence-corrected chi connectivity index (χ1v) is 11.7. The molecule has 2 aromatic carbocycles. The molecule has 0 unspecified atom stereocenters. The second-order valence-corrected chi connectivity index (χ2v) is 8.78. The molecule has 1 saturated heterocycles. The van der Waals surface area contributed by atoms with Gasteiger partial charge in [-0.2, -0.15) is 0 Å². The minimum Gasteiger partial charge on any atom is -0.496 e. The Labute approximate surface area is 206 Å². The number of rotatable bonds is 5. The number of ether oxygens (including phenoxy) is 1. The Kier molecular flexibility index (Phi) is 8.33. The summed E-state index contributed by atoms with van der Waals surface area (Å²) in [5.41, 5.74) is 1.92. The summed E-state index contributed by atoms with van der Waals surface area (Å²) in [6.45, 7) is 4.44. The third kappa shape index (κ3) is 5.70. The maximum atomic E-state index is 12.6. The highest BCUT2D eigenvalue weighted by Crippen LogP contribution is 2.34. The number of nitrogens with zero attached hydrogens (tertiary/aromatic N) is 2. The molecule has 170 valence electrons. The van der Waals surface area contributed by atoms with Gasteiger partial charge in [0.2, 0.25) is 5.91 Å². The second-order valence-electron chi connectivity index (χ2n) is 7.11. The number of para-hydroxylation sites is 1. The zero-order valence-corrected chi connectivity index (χ0v) is 20.9. The Morgan fingerprint density at radius 3 is 2.53 bits per heavy atom. The largest absolute Gasteiger partial charge is 0.496 e. The number of nitrogens with one attached hydrogen (secondary N) is 2. The van der Waals surface area contributed by atoms with E-state index in [1.54, 1.807) is 25.3 Å². The Morgan fingerprint density at radius 2 is 1.91 bits per heavy atom. The van der Waals surface area contributed by atoms with Crippen LogP contribution in [-0.4, -0.2) is 55.1 Å². The van der Waals surface area contributed by atoms with Crippen molar-refractivity contribution >= 4 is 68.1 Å². The first kappa shape index (κ1) is 24.3. The average molecular weight is 540 g/mol. The number of halogens is 2. The fourth-order valence-corrected chi connectivity index (χ4v) is 4.51. The van der Waals surface area contributed by atoms with Crippen molar-refractivity contribution in [1.29, 1.82) is 0 Å². The molecule has 0 aliphatic carbocycles. The van der Waals surface area contributed by atoms with Gasteiger partial charge >= 0.3 is 0 Å². The van der Waals surface area contributed by atoms with Crippen LogP contribution in [-0.2, 0) is 4.79 Å². The zero-order valence-electron chi connectivity index (χ0n) is 17.8. The fourth-order valence-electron chi connectivity index (χ4n) is 3.48. The summed E-state index contributed by atoms with van der Waals surface area (Å²) in [4.78, 5) is 28.6. The van der Waals surface area contributed by atoms with Crippen LogP contribution >= 0.6 is 39.7 Å². The standard InChI is InChI=1S/C22H24BrClN4O3S/c1-3-19(29)27-9-11-28(12-10-27)20-16(24)5-4-6-17(20)25-22(32)26-21(30)14-7-8-18(31-2)15(23)13-14/h4-8,13H,3,9-12H2,1-2H3,(H2,25,26,30,32). The van der Waals surface area contributed by atoms with Gasteiger partial charge in [0.15, 0.2) is 5.11 Å². The summed E-state index contributed by atoms with van der Waals surface area (Å²) >= 11 is 15.3. The number of benzene rings is 2. The molecule has 7 nitrogen and oxygen atoms in total. The van der Waals surface area contributed by atoms with E-state index in [9.17, 15) is 9.59 Å². The molecule has 1 fully saturated rings. The predicted octanol–water partition coefficient (Wildman–Crippen LogP) is 4.30. The summed E-state index contributed by atoms with van der Waals surface area (Å²) < 4.78 is 5.86. The second kappa shape index (κ2) is 11.0. The van der Waals surface area contributed by atoms with Crippen LogP contribution in [0.3, 0.4) is 0 Å². The molecular weight excluding hydrogens is 516 g/mol. The quantitative estimate of drug-likeness (QED) is 0.552. The normalized spacial score (nSPS) is 13.5. The monoisotopic (exact) mass is 538 g/mol. The van der Waals surface area contributed by atoms with Crippen molar-refractivity contribution in [1.82, 2.24) is 10.2 Å². The lowest BCUT2D eigenvalue weighted by molar-refractivity contribution is -0.131. The SMILES string of the molecule is CCC(=O)N1CCN(c2c(Cl)cccc2NC(=S)NC(=O)c2ccc(OC)c(Br)c2)CC1. The van der Waals surface area contributed by atoms with E-state index < -0.39 is 0 Å². The first-order chi connectivity index (χ1) is 15.3. The van der Waals surface area contributed by atoms with Gasteiger partial charge in [-0.25, -0.2) is 0 Å². The van der Waals surface area contributed by atoms with Gasteiger partial charge in [0, 0.05) is 38.2 Å². The summed E-state index contributed by atoms with van der Waals surface area (Å²) in [7, 11) is 1.56. The zero-order chi connectivity index (χ0) is 23.3. The number of hydrogen-bond donors (Lipinski definition) is 2. The maximum Gasteiger partial charge on any atom is 0.257 e. The Hall–Kier alpha value is -2.36. The molecule has 2 amide bonds. The van der Waals surface area contributed by atoms with Gasteiger partial charge in [-0.3, -0.25) is 14.9 Å². The molecule has 0 aromatic heterocycles. The van der Waals surface area contributed by atoms with Crippen LogP contribution in [0, 0.1) is 0 Å². The molecule has 0 bridgehead atoms. The maximum absolute atomic E-state index is 12.6. The van der Waals surface area contributed by atoms with Crippen molar-refractivity contribution < 1.29 is 14.3 Å². The molecule has 32 heavy (non-hydrogen) atoms. The van der Waals surface area contributed by atoms with Crippen molar-refractivity contribution in [3.8, 4) is 5.75 Å². The number of carbonyl (C=O) groups is 2.